The molecule has 7 nitrogen and oxygen atoms in total. The van der Waals surface area contributed by atoms with Crippen LogP contribution >= 0.6 is 0 Å². The van der Waals surface area contributed by atoms with E-state index in [1.807, 2.05) is 65.6 Å². The van der Waals surface area contributed by atoms with Crippen molar-refractivity contribution < 1.29 is 19.5 Å². The van der Waals surface area contributed by atoms with Gasteiger partial charge in [-0.2, -0.15) is 0 Å². The molecule has 1 aliphatic heterocycles. The third kappa shape index (κ3) is 7.57. The van der Waals surface area contributed by atoms with Crippen LogP contribution < -0.4 is 4.90 Å². The summed E-state index contributed by atoms with van der Waals surface area (Å²) in [6, 6.07) is 17.0. The minimum atomic E-state index is -1.07. The summed E-state index contributed by atoms with van der Waals surface area (Å²) >= 11 is 0. The van der Waals surface area contributed by atoms with Crippen molar-refractivity contribution in [2.45, 2.75) is 71.3 Å². The van der Waals surface area contributed by atoms with Crippen molar-refractivity contribution >= 4 is 29.3 Å². The molecule has 200 valence electrons. The van der Waals surface area contributed by atoms with Crippen LogP contribution in [0, 0.1) is 5.92 Å². The van der Waals surface area contributed by atoms with Gasteiger partial charge in [-0.05, 0) is 49.9 Å². The Kier molecular flexibility index (Phi) is 11.0. The molecule has 1 N–H and O–H groups in total. The molecule has 0 radical (unpaired) electrons. The molecule has 3 amide bonds. The van der Waals surface area contributed by atoms with Crippen LogP contribution in [0.4, 0.5) is 16.2 Å². The summed E-state index contributed by atoms with van der Waals surface area (Å²) in [5, 5.41) is 10.1. The van der Waals surface area contributed by atoms with E-state index in [9.17, 15) is 19.5 Å². The number of urea groups is 1. The number of para-hydroxylation sites is 2. The molecule has 2 aromatic carbocycles. The molecule has 1 fully saturated rings. The summed E-state index contributed by atoms with van der Waals surface area (Å²) in [7, 11) is 0. The number of aliphatic carboxylic acids is 1. The van der Waals surface area contributed by atoms with Crippen molar-refractivity contribution in [2.24, 2.45) is 5.92 Å². The zero-order valence-electron chi connectivity index (χ0n) is 22.2. The van der Waals surface area contributed by atoms with Gasteiger partial charge in [0.25, 0.3) is 0 Å². The van der Waals surface area contributed by atoms with Crippen LogP contribution in [0.15, 0.2) is 60.7 Å². The van der Waals surface area contributed by atoms with Crippen molar-refractivity contribution in [3.63, 3.8) is 0 Å². The summed E-state index contributed by atoms with van der Waals surface area (Å²) in [5.74, 6) is -1.43. The SMILES string of the molecule is CCCCCN(CCCCC)C(=O)C1CCN(C(=O)N(c2ccccc2)c2ccccc2)C(C(=O)O)C1. The smallest absolute Gasteiger partial charge is 0.329 e. The predicted molar refractivity (Wildman–Crippen MR) is 147 cm³/mol. The topological polar surface area (TPSA) is 81.2 Å². The number of unbranched alkanes of at least 4 members (excludes halogenated alkanes) is 4. The van der Waals surface area contributed by atoms with Gasteiger partial charge in [0.05, 0.1) is 11.4 Å². The van der Waals surface area contributed by atoms with Gasteiger partial charge in [-0.25, -0.2) is 9.59 Å². The standard InChI is InChI=1S/C30H41N3O4/c1-3-5-13-20-31(21-14-6-4-2)28(34)24-19-22-32(27(23-24)29(35)36)30(37)33(25-15-9-7-10-16-25)26-17-11-8-12-18-26/h7-12,15-18,24,27H,3-6,13-14,19-23H2,1-2H3,(H,35,36). The molecule has 37 heavy (non-hydrogen) atoms. The van der Waals surface area contributed by atoms with Gasteiger partial charge in [-0.15, -0.1) is 0 Å². The van der Waals surface area contributed by atoms with Gasteiger partial charge in [0.1, 0.15) is 6.04 Å². The van der Waals surface area contributed by atoms with E-state index in [2.05, 4.69) is 13.8 Å². The summed E-state index contributed by atoms with van der Waals surface area (Å²) in [6.45, 7) is 5.93. The Balaban J connectivity index is 1.80. The maximum absolute atomic E-state index is 13.9. The number of benzene rings is 2. The third-order valence-electron chi connectivity index (χ3n) is 7.08. The molecular formula is C30H41N3O4. The van der Waals surface area contributed by atoms with E-state index in [1.54, 1.807) is 4.90 Å². The first-order valence-electron chi connectivity index (χ1n) is 13.7. The van der Waals surface area contributed by atoms with Crippen LogP contribution in [0.2, 0.25) is 0 Å². The molecule has 1 saturated heterocycles. The average Bonchev–Trinajstić information content (AvgIpc) is 2.93. The lowest BCUT2D eigenvalue weighted by molar-refractivity contribution is -0.146. The summed E-state index contributed by atoms with van der Waals surface area (Å²) in [5.41, 5.74) is 1.33. The highest BCUT2D eigenvalue weighted by molar-refractivity contribution is 6.01. The minimum Gasteiger partial charge on any atom is -0.480 e. The molecule has 3 rings (SSSR count). The van der Waals surface area contributed by atoms with Crippen LogP contribution in [0.3, 0.4) is 0 Å². The fourth-order valence-corrected chi connectivity index (χ4v) is 5.00. The summed E-state index contributed by atoms with van der Waals surface area (Å²) in [6.07, 6.45) is 6.80. The van der Waals surface area contributed by atoms with E-state index in [4.69, 9.17) is 0 Å². The van der Waals surface area contributed by atoms with E-state index in [0.29, 0.717) is 30.9 Å². The van der Waals surface area contributed by atoms with Crippen molar-refractivity contribution in [3.8, 4) is 0 Å². The van der Waals surface area contributed by atoms with Crippen LogP contribution in [-0.4, -0.2) is 58.5 Å². The summed E-state index contributed by atoms with van der Waals surface area (Å²) in [4.78, 5) is 44.7. The van der Waals surface area contributed by atoms with Crippen LogP contribution in [0.1, 0.15) is 65.2 Å². The highest BCUT2D eigenvalue weighted by atomic mass is 16.4. The molecule has 2 aromatic rings. The number of carbonyl (C=O) groups is 3. The van der Waals surface area contributed by atoms with E-state index in [0.717, 1.165) is 38.5 Å². The van der Waals surface area contributed by atoms with Gasteiger partial charge >= 0.3 is 12.0 Å². The number of nitrogens with zero attached hydrogens (tertiary/aromatic N) is 3. The van der Waals surface area contributed by atoms with Gasteiger partial charge in [0.2, 0.25) is 5.91 Å². The molecule has 1 aliphatic rings. The molecular weight excluding hydrogens is 466 g/mol. The lowest BCUT2D eigenvalue weighted by Gasteiger charge is -2.40. The zero-order valence-corrected chi connectivity index (χ0v) is 22.2. The second-order valence-corrected chi connectivity index (χ2v) is 9.80. The Hall–Kier alpha value is -3.35. The predicted octanol–water partition coefficient (Wildman–Crippen LogP) is 6.32. The number of amides is 3. The molecule has 0 saturated carbocycles. The number of hydrogen-bond donors (Lipinski definition) is 1. The van der Waals surface area contributed by atoms with Crippen molar-refractivity contribution in [2.75, 3.05) is 24.5 Å². The first-order valence-corrected chi connectivity index (χ1v) is 13.7. The fraction of sp³-hybridized carbons (Fsp3) is 0.500. The number of rotatable bonds is 12. The Morgan fingerprint density at radius 3 is 1.81 bits per heavy atom. The van der Waals surface area contributed by atoms with Crippen molar-refractivity contribution in [1.82, 2.24) is 9.80 Å². The molecule has 2 atom stereocenters. The Labute approximate surface area is 221 Å². The molecule has 0 spiro atoms. The van der Waals surface area contributed by atoms with Crippen molar-refractivity contribution in [3.05, 3.63) is 60.7 Å². The number of carbonyl (C=O) groups excluding carboxylic acids is 2. The van der Waals surface area contributed by atoms with Gasteiger partial charge in [0.15, 0.2) is 0 Å². The second kappa shape index (κ2) is 14.4. The van der Waals surface area contributed by atoms with Gasteiger partial charge in [-0.3, -0.25) is 9.69 Å². The zero-order chi connectivity index (χ0) is 26.6. The van der Waals surface area contributed by atoms with E-state index in [1.165, 1.54) is 4.90 Å². The molecule has 7 heteroatoms. The van der Waals surface area contributed by atoms with Gasteiger partial charge in [0, 0.05) is 25.6 Å². The highest BCUT2D eigenvalue weighted by Gasteiger charge is 2.41. The number of carboxylic acid groups (broad SMARTS) is 1. The Morgan fingerprint density at radius 1 is 0.838 bits per heavy atom. The molecule has 0 aliphatic carbocycles. The molecule has 0 bridgehead atoms. The number of hydrogen-bond acceptors (Lipinski definition) is 3. The van der Waals surface area contributed by atoms with Gasteiger partial charge in [-0.1, -0.05) is 75.9 Å². The first-order chi connectivity index (χ1) is 18.0. The van der Waals surface area contributed by atoms with E-state index >= 15 is 0 Å². The monoisotopic (exact) mass is 507 g/mol. The van der Waals surface area contributed by atoms with Crippen LogP contribution in [0.25, 0.3) is 0 Å². The fourth-order valence-electron chi connectivity index (χ4n) is 5.00. The van der Waals surface area contributed by atoms with Crippen LogP contribution in [0.5, 0.6) is 0 Å². The second-order valence-electron chi connectivity index (χ2n) is 9.80. The third-order valence-corrected chi connectivity index (χ3v) is 7.08. The lowest BCUT2D eigenvalue weighted by Crippen LogP contribution is -2.55. The van der Waals surface area contributed by atoms with Gasteiger partial charge < -0.3 is 14.9 Å². The average molecular weight is 508 g/mol. The molecule has 0 aromatic heterocycles. The first kappa shape index (κ1) is 28.2. The minimum absolute atomic E-state index is 0.0357. The number of likely N-dealkylation sites (tertiary alicyclic amines) is 1. The van der Waals surface area contributed by atoms with E-state index < -0.39 is 24.0 Å². The largest absolute Gasteiger partial charge is 0.480 e. The maximum Gasteiger partial charge on any atom is 0.329 e. The lowest BCUT2D eigenvalue weighted by atomic mass is 9.89. The number of anilines is 2. The Morgan fingerprint density at radius 2 is 1.35 bits per heavy atom. The number of piperidine rings is 1. The summed E-state index contributed by atoms with van der Waals surface area (Å²) < 4.78 is 0. The van der Waals surface area contributed by atoms with Crippen molar-refractivity contribution in [1.29, 1.82) is 0 Å². The highest BCUT2D eigenvalue weighted by Crippen LogP contribution is 2.31. The maximum atomic E-state index is 13.9. The molecule has 1 heterocycles. The normalized spacial score (nSPS) is 17.3. The van der Waals surface area contributed by atoms with Crippen LogP contribution in [-0.2, 0) is 9.59 Å². The number of carboxylic acids is 1. The quantitative estimate of drug-likeness (QED) is 0.341. The van der Waals surface area contributed by atoms with E-state index in [-0.39, 0.29) is 18.9 Å². The molecule has 2 unspecified atom stereocenters. The Bertz CT molecular complexity index is 949.